The molecular weight excluding hydrogens is 300 g/mol. The first-order chi connectivity index (χ1) is 11.1. The van der Waals surface area contributed by atoms with Gasteiger partial charge in [0, 0.05) is 11.8 Å². The lowest BCUT2D eigenvalue weighted by Gasteiger charge is -2.05. The van der Waals surface area contributed by atoms with E-state index in [-0.39, 0.29) is 23.1 Å². The van der Waals surface area contributed by atoms with Crippen LogP contribution in [-0.4, -0.2) is 26.1 Å². The van der Waals surface area contributed by atoms with Crippen molar-refractivity contribution in [2.75, 3.05) is 5.73 Å². The molecule has 0 saturated carbocycles. The molecule has 0 aliphatic rings. The number of ether oxygens (including phenoxy) is 1. The lowest BCUT2D eigenvalue weighted by molar-refractivity contribution is 0.103. The Kier molecular flexibility index (Phi) is 3.79. The average Bonchev–Trinajstić information content (AvgIpc) is 3.20. The maximum Gasteiger partial charge on any atom is 0.301 e. The highest BCUT2D eigenvalue weighted by Gasteiger charge is 2.16. The van der Waals surface area contributed by atoms with Crippen LogP contribution in [0.1, 0.15) is 16.2 Å². The Hall–Kier alpha value is -3.55. The fraction of sp³-hybridized carbons (Fsp3) is 0. The molecule has 0 aliphatic carbocycles. The van der Waals surface area contributed by atoms with Gasteiger partial charge in [0.15, 0.2) is 5.82 Å². The topological polar surface area (TPSA) is 127 Å². The number of nitrogens with two attached hydrogens (primary N) is 1. The van der Waals surface area contributed by atoms with E-state index in [1.54, 1.807) is 24.3 Å². The van der Waals surface area contributed by atoms with Crippen LogP contribution in [0.5, 0.6) is 11.7 Å². The van der Waals surface area contributed by atoms with Crippen LogP contribution in [-0.2, 0) is 0 Å². The van der Waals surface area contributed by atoms with Crippen LogP contribution in [0.2, 0.25) is 0 Å². The monoisotopic (exact) mass is 312 g/mol. The smallest absolute Gasteiger partial charge is 0.301 e. The highest BCUT2D eigenvalue weighted by atomic mass is 16.6. The Morgan fingerprint density at radius 1 is 1.30 bits per heavy atom. The molecule has 0 unspecified atom stereocenters. The maximum absolute atomic E-state index is 11.9. The fourth-order valence-corrected chi connectivity index (χ4v) is 1.80. The number of carbonyl (C=O) groups is 1. The van der Waals surface area contributed by atoms with E-state index in [2.05, 4.69) is 15.2 Å². The Bertz CT molecular complexity index is 835. The summed E-state index contributed by atoms with van der Waals surface area (Å²) >= 11 is 0. The summed E-state index contributed by atoms with van der Waals surface area (Å²) in [7, 11) is 0. The third-order valence-corrected chi connectivity index (χ3v) is 2.91. The van der Waals surface area contributed by atoms with E-state index in [9.17, 15) is 9.90 Å². The van der Waals surface area contributed by atoms with Gasteiger partial charge < -0.3 is 20.0 Å². The number of hydrogen-bond donors (Lipinski definition) is 3. The number of furan rings is 1. The number of aromatic nitrogens is 3. The number of hydrogen-bond acceptors (Lipinski definition) is 7. The molecule has 0 bridgehead atoms. The molecule has 4 N–H and O–H groups in total. The summed E-state index contributed by atoms with van der Waals surface area (Å²) in [6, 6.07) is 8.12. The summed E-state index contributed by atoms with van der Waals surface area (Å²) in [5, 5.41) is 16.1. The summed E-state index contributed by atoms with van der Waals surface area (Å²) in [6.07, 6.45) is 3.54. The number of aliphatic hydroxyl groups is 1. The summed E-state index contributed by atoms with van der Waals surface area (Å²) < 4.78 is 10.7. The molecular formula is C15H12N4O4. The molecule has 2 aromatic heterocycles. The largest absolute Gasteiger partial charge is 0.507 e. The van der Waals surface area contributed by atoms with E-state index >= 15 is 0 Å². The second-order valence-electron chi connectivity index (χ2n) is 4.52. The molecule has 0 aliphatic heterocycles. The van der Waals surface area contributed by atoms with Gasteiger partial charge in [-0.1, -0.05) is 0 Å². The predicted octanol–water partition coefficient (Wildman–Crippen LogP) is 2.55. The summed E-state index contributed by atoms with van der Waals surface area (Å²) in [4.78, 5) is 15.6. The molecule has 0 atom stereocenters. The van der Waals surface area contributed by atoms with Crippen LogP contribution in [0.3, 0.4) is 0 Å². The zero-order valence-corrected chi connectivity index (χ0v) is 11.8. The SMILES string of the molecule is Nc1ccc(Oc2occc2C(O)=CC(=O)c2ncn[nH]2)cc1. The second kappa shape index (κ2) is 6.06. The standard InChI is InChI=1S/C15H12N4O4/c16-9-1-3-10(4-2-9)23-15-11(5-6-22-15)12(20)7-13(21)14-17-8-18-19-14/h1-8,20H,16H2,(H,17,18,19). The van der Waals surface area contributed by atoms with E-state index in [0.29, 0.717) is 11.4 Å². The quantitative estimate of drug-likeness (QED) is 0.286. The highest BCUT2D eigenvalue weighted by Crippen LogP contribution is 2.30. The molecule has 8 nitrogen and oxygen atoms in total. The number of rotatable bonds is 5. The summed E-state index contributed by atoms with van der Waals surface area (Å²) in [5.41, 5.74) is 6.43. The first-order valence-electron chi connectivity index (χ1n) is 6.55. The van der Waals surface area contributed by atoms with Crippen LogP contribution in [0, 0.1) is 0 Å². The number of aromatic amines is 1. The predicted molar refractivity (Wildman–Crippen MR) is 81.0 cm³/mol. The number of H-pyrrole nitrogens is 1. The number of benzene rings is 1. The number of ketones is 1. The van der Waals surface area contributed by atoms with Crippen molar-refractivity contribution >= 4 is 17.2 Å². The van der Waals surface area contributed by atoms with Gasteiger partial charge in [0.25, 0.3) is 0 Å². The Morgan fingerprint density at radius 2 is 2.09 bits per heavy atom. The number of allylic oxidation sites excluding steroid dienone is 1. The minimum absolute atomic E-state index is 0.0149. The molecule has 0 saturated heterocycles. The molecule has 0 spiro atoms. The van der Waals surface area contributed by atoms with Crippen LogP contribution in [0.25, 0.3) is 5.76 Å². The van der Waals surface area contributed by atoms with E-state index in [0.717, 1.165) is 6.08 Å². The Morgan fingerprint density at radius 3 is 2.78 bits per heavy atom. The van der Waals surface area contributed by atoms with Crippen molar-refractivity contribution in [3.63, 3.8) is 0 Å². The molecule has 2 heterocycles. The van der Waals surface area contributed by atoms with Gasteiger partial charge in [-0.25, -0.2) is 4.98 Å². The van der Waals surface area contributed by atoms with Gasteiger partial charge in [0.1, 0.15) is 23.4 Å². The molecule has 0 radical (unpaired) electrons. The maximum atomic E-state index is 11.9. The lowest BCUT2D eigenvalue weighted by Crippen LogP contribution is -1.99. The molecule has 0 fully saturated rings. The lowest BCUT2D eigenvalue weighted by atomic mass is 10.2. The zero-order valence-electron chi connectivity index (χ0n) is 11.8. The Labute approximate surface area is 130 Å². The molecule has 3 aromatic rings. The van der Waals surface area contributed by atoms with E-state index in [4.69, 9.17) is 14.9 Å². The summed E-state index contributed by atoms with van der Waals surface area (Å²) in [6.45, 7) is 0. The van der Waals surface area contributed by atoms with E-state index in [1.807, 2.05) is 0 Å². The zero-order chi connectivity index (χ0) is 16.2. The van der Waals surface area contributed by atoms with Crippen molar-refractivity contribution in [2.24, 2.45) is 0 Å². The number of carbonyl (C=O) groups excluding carboxylic acids is 1. The number of nitrogens with zero attached hydrogens (tertiary/aromatic N) is 2. The molecule has 116 valence electrons. The number of aliphatic hydroxyl groups excluding tert-OH is 1. The van der Waals surface area contributed by atoms with Gasteiger partial charge >= 0.3 is 5.95 Å². The van der Waals surface area contributed by atoms with Gasteiger partial charge in [-0.2, -0.15) is 5.10 Å². The average molecular weight is 312 g/mol. The van der Waals surface area contributed by atoms with Gasteiger partial charge in [-0.3, -0.25) is 9.89 Å². The fourth-order valence-electron chi connectivity index (χ4n) is 1.80. The van der Waals surface area contributed by atoms with E-state index < -0.39 is 5.78 Å². The first kappa shape index (κ1) is 14.4. The third-order valence-electron chi connectivity index (χ3n) is 2.91. The number of anilines is 1. The third kappa shape index (κ3) is 3.21. The highest BCUT2D eigenvalue weighted by molar-refractivity contribution is 6.05. The van der Waals surface area contributed by atoms with Gasteiger partial charge in [0.2, 0.25) is 5.78 Å². The van der Waals surface area contributed by atoms with Gasteiger partial charge in [-0.15, -0.1) is 0 Å². The Balaban J connectivity index is 1.82. The van der Waals surface area contributed by atoms with Crippen LogP contribution in [0.4, 0.5) is 5.69 Å². The van der Waals surface area contributed by atoms with Crippen molar-refractivity contribution in [3.05, 3.63) is 60.4 Å². The van der Waals surface area contributed by atoms with Crippen molar-refractivity contribution in [3.8, 4) is 11.7 Å². The summed E-state index contributed by atoms with van der Waals surface area (Å²) in [5.74, 6) is -0.301. The van der Waals surface area contributed by atoms with Gasteiger partial charge in [0.05, 0.1) is 6.26 Å². The van der Waals surface area contributed by atoms with Crippen molar-refractivity contribution in [2.45, 2.75) is 0 Å². The minimum Gasteiger partial charge on any atom is -0.507 e. The van der Waals surface area contributed by atoms with Crippen LogP contribution < -0.4 is 10.5 Å². The minimum atomic E-state index is -0.528. The normalized spacial score (nSPS) is 11.4. The second-order valence-corrected chi connectivity index (χ2v) is 4.52. The molecule has 0 amide bonds. The number of nitrogen functional groups attached to an aromatic ring is 1. The van der Waals surface area contributed by atoms with Crippen molar-refractivity contribution in [1.29, 1.82) is 0 Å². The molecule has 23 heavy (non-hydrogen) atoms. The van der Waals surface area contributed by atoms with Crippen molar-refractivity contribution in [1.82, 2.24) is 15.2 Å². The molecule has 1 aromatic carbocycles. The number of nitrogens with one attached hydrogen (secondary N) is 1. The van der Waals surface area contributed by atoms with Crippen LogP contribution in [0.15, 0.2) is 53.4 Å². The van der Waals surface area contributed by atoms with Crippen LogP contribution >= 0.6 is 0 Å². The first-order valence-corrected chi connectivity index (χ1v) is 6.55. The van der Waals surface area contributed by atoms with Crippen molar-refractivity contribution < 1.29 is 19.1 Å². The van der Waals surface area contributed by atoms with Gasteiger partial charge in [-0.05, 0) is 30.3 Å². The molecule has 8 heteroatoms. The molecule has 3 rings (SSSR count). The van der Waals surface area contributed by atoms with E-state index in [1.165, 1.54) is 18.7 Å².